The van der Waals surface area contributed by atoms with Gasteiger partial charge in [-0.1, -0.05) is 15.9 Å². The Bertz CT molecular complexity index is 907. The van der Waals surface area contributed by atoms with Gasteiger partial charge >= 0.3 is 0 Å². The first kappa shape index (κ1) is 17.9. The van der Waals surface area contributed by atoms with E-state index in [0.717, 1.165) is 15.4 Å². The van der Waals surface area contributed by atoms with E-state index in [0.29, 0.717) is 17.3 Å². The molecule has 0 radical (unpaired) electrons. The summed E-state index contributed by atoms with van der Waals surface area (Å²) in [4.78, 5) is 18.9. The lowest BCUT2D eigenvalue weighted by atomic mass is 10.2. The SMILES string of the molecule is COc1ccc([N+](=O)[O-])cc1Nc1ncnc2ccc(Br)cc12.[Cl-]. The number of fused-ring (bicyclic) bond motifs is 1. The Kier molecular flexibility index (Phi) is 5.53. The summed E-state index contributed by atoms with van der Waals surface area (Å²) in [7, 11) is 1.50. The van der Waals surface area contributed by atoms with Gasteiger partial charge in [0.15, 0.2) is 0 Å². The number of nitrogens with zero attached hydrogens (tertiary/aromatic N) is 3. The molecule has 0 unspecified atom stereocenters. The number of nitrogens with one attached hydrogen (secondary N) is 1. The van der Waals surface area contributed by atoms with E-state index in [9.17, 15) is 10.1 Å². The van der Waals surface area contributed by atoms with Crippen molar-refractivity contribution in [2.45, 2.75) is 0 Å². The number of non-ortho nitro benzene ring substituents is 1. The van der Waals surface area contributed by atoms with E-state index in [-0.39, 0.29) is 18.1 Å². The summed E-state index contributed by atoms with van der Waals surface area (Å²) in [5.41, 5.74) is 1.18. The topological polar surface area (TPSA) is 90.2 Å². The number of nitro benzene ring substituents is 1. The largest absolute Gasteiger partial charge is 1.00 e. The number of benzene rings is 2. The first-order valence-corrected chi connectivity index (χ1v) is 7.37. The summed E-state index contributed by atoms with van der Waals surface area (Å²) in [6, 6.07) is 9.95. The Morgan fingerprint density at radius 2 is 2.00 bits per heavy atom. The summed E-state index contributed by atoms with van der Waals surface area (Å²) in [5, 5.41) is 14.8. The van der Waals surface area contributed by atoms with E-state index in [4.69, 9.17) is 4.74 Å². The van der Waals surface area contributed by atoms with Crippen molar-refractivity contribution in [1.29, 1.82) is 0 Å². The van der Waals surface area contributed by atoms with Gasteiger partial charge < -0.3 is 22.5 Å². The Hall–Kier alpha value is -2.45. The summed E-state index contributed by atoms with van der Waals surface area (Å²) in [6.45, 7) is 0. The monoisotopic (exact) mass is 409 g/mol. The Morgan fingerprint density at radius 1 is 1.21 bits per heavy atom. The van der Waals surface area contributed by atoms with Gasteiger partial charge in [-0.15, -0.1) is 0 Å². The van der Waals surface area contributed by atoms with Crippen LogP contribution in [0.2, 0.25) is 0 Å². The van der Waals surface area contributed by atoms with Crippen molar-refractivity contribution < 1.29 is 22.1 Å². The molecule has 1 N–H and O–H groups in total. The lowest BCUT2D eigenvalue weighted by Crippen LogP contribution is -3.00. The number of hydrogen-bond acceptors (Lipinski definition) is 6. The quantitative estimate of drug-likeness (QED) is 0.511. The van der Waals surface area contributed by atoms with E-state index in [1.807, 2.05) is 18.2 Å². The fourth-order valence-electron chi connectivity index (χ4n) is 2.16. The van der Waals surface area contributed by atoms with Crippen LogP contribution in [0.1, 0.15) is 0 Å². The highest BCUT2D eigenvalue weighted by atomic mass is 79.9. The van der Waals surface area contributed by atoms with Crippen molar-refractivity contribution in [3.8, 4) is 5.75 Å². The van der Waals surface area contributed by atoms with Crippen LogP contribution in [0.3, 0.4) is 0 Å². The zero-order valence-corrected chi connectivity index (χ0v) is 14.7. The van der Waals surface area contributed by atoms with Crippen molar-refractivity contribution in [3.63, 3.8) is 0 Å². The number of halogens is 2. The fraction of sp³-hybridized carbons (Fsp3) is 0.0667. The fourth-order valence-corrected chi connectivity index (χ4v) is 2.52. The van der Waals surface area contributed by atoms with Crippen LogP contribution in [0.4, 0.5) is 17.2 Å². The third kappa shape index (κ3) is 3.55. The summed E-state index contributed by atoms with van der Waals surface area (Å²) >= 11 is 3.41. The maximum absolute atomic E-state index is 11.0. The second kappa shape index (κ2) is 7.41. The molecule has 0 saturated carbocycles. The number of ether oxygens (including phenoxy) is 1. The molecule has 2 aromatic carbocycles. The number of nitro groups is 1. The average Bonchev–Trinajstić information content (AvgIpc) is 2.55. The molecule has 0 aliphatic rings. The van der Waals surface area contributed by atoms with Gasteiger partial charge in [-0.25, -0.2) is 9.97 Å². The minimum atomic E-state index is -0.459. The summed E-state index contributed by atoms with van der Waals surface area (Å²) < 4.78 is 6.13. The molecular formula is C15H11BrClN4O3-. The minimum Gasteiger partial charge on any atom is -1.00 e. The smallest absolute Gasteiger partial charge is 0.271 e. The second-order valence-electron chi connectivity index (χ2n) is 4.65. The van der Waals surface area contributed by atoms with Gasteiger partial charge in [-0.2, -0.15) is 0 Å². The van der Waals surface area contributed by atoms with Gasteiger partial charge in [0, 0.05) is 22.0 Å². The highest BCUT2D eigenvalue weighted by Crippen LogP contribution is 2.33. The lowest BCUT2D eigenvalue weighted by molar-refractivity contribution is -0.384. The molecule has 1 heterocycles. The highest BCUT2D eigenvalue weighted by Gasteiger charge is 2.13. The van der Waals surface area contributed by atoms with Crippen LogP contribution in [0.25, 0.3) is 10.9 Å². The van der Waals surface area contributed by atoms with Crippen molar-refractivity contribution in [2.75, 3.05) is 12.4 Å². The predicted octanol–water partition coefficient (Wildman–Crippen LogP) is 1.06. The first-order chi connectivity index (χ1) is 11.1. The molecule has 24 heavy (non-hydrogen) atoms. The minimum absolute atomic E-state index is 0. The molecule has 1 aromatic heterocycles. The number of hydrogen-bond donors (Lipinski definition) is 1. The third-order valence-corrected chi connectivity index (χ3v) is 3.74. The number of anilines is 2. The molecule has 0 aliphatic heterocycles. The van der Waals surface area contributed by atoms with Gasteiger partial charge in [-0.3, -0.25) is 10.1 Å². The van der Waals surface area contributed by atoms with Gasteiger partial charge in [0.2, 0.25) is 0 Å². The van der Waals surface area contributed by atoms with E-state index in [1.165, 1.54) is 25.6 Å². The summed E-state index contributed by atoms with van der Waals surface area (Å²) in [5.74, 6) is 1.02. The van der Waals surface area contributed by atoms with Crippen LogP contribution in [0.15, 0.2) is 47.2 Å². The van der Waals surface area contributed by atoms with Crippen LogP contribution >= 0.6 is 15.9 Å². The zero-order valence-electron chi connectivity index (χ0n) is 12.4. The van der Waals surface area contributed by atoms with E-state index >= 15 is 0 Å². The van der Waals surface area contributed by atoms with Gasteiger partial charge in [0.05, 0.1) is 23.2 Å². The van der Waals surface area contributed by atoms with Crippen molar-refractivity contribution >= 4 is 44.0 Å². The van der Waals surface area contributed by atoms with Crippen LogP contribution in [-0.2, 0) is 0 Å². The van der Waals surface area contributed by atoms with Crippen molar-refractivity contribution in [3.05, 3.63) is 57.3 Å². The van der Waals surface area contributed by atoms with Crippen LogP contribution < -0.4 is 22.5 Å². The maximum atomic E-state index is 11.0. The molecule has 0 fully saturated rings. The zero-order chi connectivity index (χ0) is 16.4. The molecule has 0 atom stereocenters. The molecule has 124 valence electrons. The maximum Gasteiger partial charge on any atom is 0.271 e. The van der Waals surface area contributed by atoms with Crippen LogP contribution in [-0.4, -0.2) is 22.0 Å². The highest BCUT2D eigenvalue weighted by molar-refractivity contribution is 9.10. The molecule has 3 rings (SSSR count). The molecule has 0 saturated heterocycles. The molecule has 9 heteroatoms. The standard InChI is InChI=1S/C15H11BrN4O3.ClH/c1-23-14-5-3-10(20(21)22)7-13(14)19-15-11-6-9(16)2-4-12(11)17-8-18-15;/h2-8H,1H3,(H,17,18,19);1H/p-1. The van der Waals surface area contributed by atoms with Gasteiger partial charge in [0.25, 0.3) is 5.69 Å². The van der Waals surface area contributed by atoms with E-state index in [2.05, 4.69) is 31.2 Å². The number of methoxy groups -OCH3 is 1. The second-order valence-corrected chi connectivity index (χ2v) is 5.57. The Morgan fingerprint density at radius 3 is 2.71 bits per heavy atom. The molecule has 0 amide bonds. The van der Waals surface area contributed by atoms with E-state index in [1.54, 1.807) is 6.07 Å². The molecule has 0 bridgehead atoms. The lowest BCUT2D eigenvalue weighted by Gasteiger charge is -2.12. The van der Waals surface area contributed by atoms with E-state index < -0.39 is 4.92 Å². The average molecular weight is 411 g/mol. The molecule has 0 aliphatic carbocycles. The first-order valence-electron chi connectivity index (χ1n) is 6.58. The van der Waals surface area contributed by atoms with Crippen LogP contribution in [0, 0.1) is 10.1 Å². The van der Waals surface area contributed by atoms with Crippen LogP contribution in [0.5, 0.6) is 5.75 Å². The predicted molar refractivity (Wildman–Crippen MR) is 90.2 cm³/mol. The van der Waals surface area contributed by atoms with Gasteiger partial charge in [-0.05, 0) is 24.3 Å². The normalized spacial score (nSPS) is 10.1. The number of rotatable bonds is 4. The molecule has 7 nitrogen and oxygen atoms in total. The number of aromatic nitrogens is 2. The third-order valence-electron chi connectivity index (χ3n) is 3.24. The summed E-state index contributed by atoms with van der Waals surface area (Å²) in [6.07, 6.45) is 1.43. The van der Waals surface area contributed by atoms with Crippen molar-refractivity contribution in [2.24, 2.45) is 0 Å². The Labute approximate surface area is 151 Å². The van der Waals surface area contributed by atoms with Gasteiger partial charge in [0.1, 0.15) is 17.9 Å². The Balaban J connectivity index is 0.00000208. The molecule has 0 spiro atoms. The van der Waals surface area contributed by atoms with Crippen molar-refractivity contribution in [1.82, 2.24) is 9.97 Å². The molecule has 3 aromatic rings. The molecular weight excluding hydrogens is 400 g/mol.